The number of H-pyrrole nitrogens is 1. The third-order valence-corrected chi connectivity index (χ3v) is 7.06. The third kappa shape index (κ3) is 2.04. The largest absolute Gasteiger partial charge is 0.377 e. The summed E-state index contributed by atoms with van der Waals surface area (Å²) in [5, 5.41) is 3.79. The fraction of sp³-hybridized carbons (Fsp3) is 0.526. The number of aromatic amines is 1. The molecular formula is C19H21N3O3S. The molecule has 1 amide bonds. The lowest BCUT2D eigenvalue weighted by molar-refractivity contribution is -0.172. The van der Waals surface area contributed by atoms with Crippen LogP contribution < -0.4 is 10.9 Å². The number of fused-ring (bicyclic) bond motifs is 3. The Morgan fingerprint density at radius 1 is 1.42 bits per heavy atom. The van der Waals surface area contributed by atoms with E-state index in [0.717, 1.165) is 25.9 Å². The maximum atomic E-state index is 12.9. The monoisotopic (exact) mass is 371 g/mol. The van der Waals surface area contributed by atoms with Crippen molar-refractivity contribution in [3.63, 3.8) is 0 Å². The molecule has 3 aliphatic rings. The van der Waals surface area contributed by atoms with Crippen LogP contribution >= 0.6 is 12.2 Å². The van der Waals surface area contributed by atoms with E-state index in [9.17, 15) is 9.59 Å². The molecule has 0 unspecified atom stereocenters. The van der Waals surface area contributed by atoms with Crippen molar-refractivity contribution in [2.45, 2.75) is 37.8 Å². The molecule has 6 nitrogen and oxygen atoms in total. The van der Waals surface area contributed by atoms with Crippen LogP contribution in [0.5, 0.6) is 0 Å². The minimum atomic E-state index is -0.158. The molecule has 1 spiro atoms. The second-order valence-electron chi connectivity index (χ2n) is 7.84. The molecular weight excluding hydrogens is 350 g/mol. The number of nitrogens with zero attached hydrogens (tertiary/aromatic N) is 1. The van der Waals surface area contributed by atoms with E-state index in [1.807, 2.05) is 0 Å². The van der Waals surface area contributed by atoms with Crippen LogP contribution in [0.2, 0.25) is 0 Å². The van der Waals surface area contributed by atoms with Gasteiger partial charge in [0.1, 0.15) is 0 Å². The first-order valence-electron chi connectivity index (χ1n) is 9.17. The van der Waals surface area contributed by atoms with Gasteiger partial charge in [0.15, 0.2) is 4.77 Å². The van der Waals surface area contributed by atoms with Crippen LogP contribution in [0.25, 0.3) is 10.9 Å². The van der Waals surface area contributed by atoms with Crippen LogP contribution in [0.3, 0.4) is 0 Å². The predicted molar refractivity (Wildman–Crippen MR) is 99.8 cm³/mol. The van der Waals surface area contributed by atoms with Gasteiger partial charge in [0.25, 0.3) is 11.5 Å². The Kier molecular flexibility index (Phi) is 3.43. The summed E-state index contributed by atoms with van der Waals surface area (Å²) in [7, 11) is 1.63. The van der Waals surface area contributed by atoms with Gasteiger partial charge in [-0.2, -0.15) is 0 Å². The van der Waals surface area contributed by atoms with Gasteiger partial charge in [-0.15, -0.1) is 0 Å². The molecule has 0 radical (unpaired) electrons. The van der Waals surface area contributed by atoms with E-state index in [1.54, 1.807) is 25.2 Å². The highest BCUT2D eigenvalue weighted by atomic mass is 32.1. The first kappa shape index (κ1) is 16.2. The summed E-state index contributed by atoms with van der Waals surface area (Å²) >= 11 is 5.17. The Bertz CT molecular complexity index is 1040. The van der Waals surface area contributed by atoms with Crippen LogP contribution in [0.15, 0.2) is 23.0 Å². The van der Waals surface area contributed by atoms with Crippen LogP contribution in [0.1, 0.15) is 36.0 Å². The van der Waals surface area contributed by atoms with Crippen LogP contribution in [0, 0.1) is 16.1 Å². The van der Waals surface area contributed by atoms with E-state index in [0.29, 0.717) is 33.3 Å². The summed E-state index contributed by atoms with van der Waals surface area (Å²) < 4.78 is 7.66. The number of aromatic nitrogens is 2. The zero-order chi connectivity index (χ0) is 18.1. The summed E-state index contributed by atoms with van der Waals surface area (Å²) in [5.74, 6) is 0.353. The minimum absolute atomic E-state index is 0.0893. The maximum absolute atomic E-state index is 12.9. The van der Waals surface area contributed by atoms with Gasteiger partial charge >= 0.3 is 0 Å². The molecule has 3 atom stereocenters. The number of hydrogen-bond acceptors (Lipinski definition) is 4. The van der Waals surface area contributed by atoms with Crippen molar-refractivity contribution in [3.05, 3.63) is 38.9 Å². The molecule has 2 heterocycles. The second kappa shape index (κ2) is 5.50. The normalized spacial score (nSPS) is 28.4. The number of rotatable bonds is 2. The van der Waals surface area contributed by atoms with Gasteiger partial charge in [0, 0.05) is 36.6 Å². The zero-order valence-electron chi connectivity index (χ0n) is 14.6. The van der Waals surface area contributed by atoms with E-state index >= 15 is 0 Å². The summed E-state index contributed by atoms with van der Waals surface area (Å²) in [4.78, 5) is 28.2. The summed E-state index contributed by atoms with van der Waals surface area (Å²) in [6.45, 7) is 0.805. The number of amides is 1. The van der Waals surface area contributed by atoms with Gasteiger partial charge in [-0.1, -0.05) is 6.42 Å². The van der Waals surface area contributed by atoms with Crippen molar-refractivity contribution >= 4 is 29.0 Å². The average molecular weight is 371 g/mol. The Hall–Kier alpha value is -1.99. The molecule has 2 aromatic rings. The van der Waals surface area contributed by atoms with Crippen molar-refractivity contribution in [3.8, 4) is 0 Å². The third-order valence-electron chi connectivity index (χ3n) is 6.69. The van der Waals surface area contributed by atoms with Crippen LogP contribution in [-0.2, 0) is 11.8 Å². The molecule has 136 valence electrons. The minimum Gasteiger partial charge on any atom is -0.377 e. The van der Waals surface area contributed by atoms with Crippen molar-refractivity contribution in [2.24, 2.45) is 18.4 Å². The number of carbonyl (C=O) groups is 1. The highest BCUT2D eigenvalue weighted by Gasteiger charge is 2.66. The van der Waals surface area contributed by atoms with Gasteiger partial charge in [0.05, 0.1) is 17.0 Å². The molecule has 5 rings (SSSR count). The molecule has 0 bridgehead atoms. The van der Waals surface area contributed by atoms with Gasteiger partial charge in [0.2, 0.25) is 0 Å². The Balaban J connectivity index is 1.45. The lowest BCUT2D eigenvalue weighted by atomic mass is 9.46. The Labute approximate surface area is 155 Å². The van der Waals surface area contributed by atoms with Crippen molar-refractivity contribution in [1.82, 2.24) is 14.9 Å². The first-order chi connectivity index (χ1) is 12.5. The number of nitrogens with one attached hydrogen (secondary N) is 2. The quantitative estimate of drug-likeness (QED) is 0.794. The molecule has 1 aromatic carbocycles. The molecule has 26 heavy (non-hydrogen) atoms. The second-order valence-corrected chi connectivity index (χ2v) is 8.22. The van der Waals surface area contributed by atoms with E-state index in [1.165, 1.54) is 11.0 Å². The standard InChI is InChI=1S/C19H21N3O3S/c1-22-17(24)11-4-3-10(9-13(11)20-18(22)26)16(23)21-14-12-5-8-25-15(12)19(14)6-2-7-19/h3-4,9,12,14-15H,2,5-8H2,1H3,(H,20,26)(H,21,23)/t12-,14-,15+/m1/s1. The van der Waals surface area contributed by atoms with E-state index in [-0.39, 0.29) is 22.9 Å². The summed E-state index contributed by atoms with van der Waals surface area (Å²) in [6, 6.07) is 5.33. The number of ether oxygens (including phenoxy) is 1. The maximum Gasteiger partial charge on any atom is 0.261 e. The van der Waals surface area contributed by atoms with Gasteiger partial charge in [-0.3, -0.25) is 14.2 Å². The van der Waals surface area contributed by atoms with Crippen molar-refractivity contribution in [2.75, 3.05) is 6.61 Å². The molecule has 7 heteroatoms. The van der Waals surface area contributed by atoms with Crippen LogP contribution in [0.4, 0.5) is 0 Å². The lowest BCUT2D eigenvalue weighted by Gasteiger charge is -2.63. The highest BCUT2D eigenvalue weighted by molar-refractivity contribution is 7.71. The molecule has 2 N–H and O–H groups in total. The van der Waals surface area contributed by atoms with E-state index in [4.69, 9.17) is 17.0 Å². The van der Waals surface area contributed by atoms with Gasteiger partial charge < -0.3 is 15.0 Å². The zero-order valence-corrected chi connectivity index (χ0v) is 15.4. The fourth-order valence-corrected chi connectivity index (χ4v) is 5.32. The Morgan fingerprint density at radius 2 is 2.23 bits per heavy atom. The van der Waals surface area contributed by atoms with Crippen molar-refractivity contribution in [1.29, 1.82) is 0 Å². The molecule has 1 aromatic heterocycles. The molecule has 1 saturated heterocycles. The molecule has 2 saturated carbocycles. The topological polar surface area (TPSA) is 76.1 Å². The highest BCUT2D eigenvalue weighted by Crippen LogP contribution is 2.62. The summed E-state index contributed by atoms with van der Waals surface area (Å²) in [6.07, 6.45) is 4.85. The average Bonchev–Trinajstić information content (AvgIpc) is 3.00. The lowest BCUT2D eigenvalue weighted by Crippen LogP contribution is -2.71. The predicted octanol–water partition coefficient (Wildman–Crippen LogP) is 2.28. The van der Waals surface area contributed by atoms with E-state index in [2.05, 4.69) is 10.3 Å². The van der Waals surface area contributed by atoms with Gasteiger partial charge in [-0.25, -0.2) is 0 Å². The van der Waals surface area contributed by atoms with Crippen LogP contribution in [-0.4, -0.2) is 34.2 Å². The van der Waals surface area contributed by atoms with Gasteiger partial charge in [-0.05, 0) is 49.7 Å². The van der Waals surface area contributed by atoms with Crippen molar-refractivity contribution < 1.29 is 9.53 Å². The Morgan fingerprint density at radius 3 is 2.96 bits per heavy atom. The molecule has 3 fully saturated rings. The van der Waals surface area contributed by atoms with E-state index < -0.39 is 0 Å². The smallest absolute Gasteiger partial charge is 0.261 e. The summed E-state index contributed by atoms with van der Waals surface area (Å²) in [5.41, 5.74) is 1.14. The first-order valence-corrected chi connectivity index (χ1v) is 9.58. The SMILES string of the molecule is Cn1c(=S)[nH]c2cc(C(=O)N[C@@H]3[C@H]4CCO[C@@H]4C34CCC4)ccc2c1=O. The molecule has 2 aliphatic carbocycles. The molecule has 1 aliphatic heterocycles. The number of hydrogen-bond donors (Lipinski definition) is 2. The number of carbonyl (C=O) groups excluding carboxylic acids is 1. The number of benzene rings is 1. The fourth-order valence-electron chi connectivity index (χ4n) is 5.13.